The smallest absolute Gasteiger partial charge is 0.282 e. The summed E-state index contributed by atoms with van der Waals surface area (Å²) in [6.07, 6.45) is -5.90. The van der Waals surface area contributed by atoms with E-state index in [1.807, 2.05) is 0 Å². The van der Waals surface area contributed by atoms with Crippen LogP contribution in [0.15, 0.2) is 30.3 Å². The molecule has 1 N–H and O–H groups in total. The van der Waals surface area contributed by atoms with Crippen molar-refractivity contribution in [2.24, 2.45) is 0 Å². The molecule has 0 bridgehead atoms. The summed E-state index contributed by atoms with van der Waals surface area (Å²) in [6.45, 7) is -0.258. The van der Waals surface area contributed by atoms with Crippen molar-refractivity contribution in [2.45, 2.75) is 19.4 Å². The zero-order valence-electron chi connectivity index (χ0n) is 13.4. The molecule has 3 rings (SSSR count). The molecule has 0 radical (unpaired) electrons. The van der Waals surface area contributed by atoms with Crippen LogP contribution in [0.2, 0.25) is 0 Å². The normalized spacial score (nSPS) is 11.5. The quantitative estimate of drug-likeness (QED) is 0.512. The van der Waals surface area contributed by atoms with Crippen molar-refractivity contribution in [1.29, 1.82) is 0 Å². The van der Waals surface area contributed by atoms with E-state index >= 15 is 0 Å². The Bertz CT molecular complexity index is 948. The molecule has 3 aromatic rings. The lowest BCUT2D eigenvalue weighted by atomic mass is 10.3. The molecule has 0 unspecified atom stereocenters. The summed E-state index contributed by atoms with van der Waals surface area (Å²) in [5, 5.41) is 10.1. The van der Waals surface area contributed by atoms with Crippen LogP contribution in [-0.4, -0.2) is 31.7 Å². The number of halogens is 4. The molecule has 0 aliphatic rings. The fourth-order valence-electron chi connectivity index (χ4n) is 2.43. The number of nitrogens with one attached hydrogen (secondary N) is 1. The van der Waals surface area contributed by atoms with E-state index in [4.69, 9.17) is 17.0 Å². The first-order chi connectivity index (χ1) is 12.4. The van der Waals surface area contributed by atoms with Crippen LogP contribution >= 0.6 is 12.2 Å². The summed E-state index contributed by atoms with van der Waals surface area (Å²) in [6, 6.07) is 7.49. The average Bonchev–Trinajstić information content (AvgIpc) is 3.20. The molecule has 26 heavy (non-hydrogen) atoms. The summed E-state index contributed by atoms with van der Waals surface area (Å²) in [4.78, 5) is 0. The van der Waals surface area contributed by atoms with Gasteiger partial charge in [0.2, 0.25) is 0 Å². The van der Waals surface area contributed by atoms with Crippen LogP contribution in [0.1, 0.15) is 30.1 Å². The van der Waals surface area contributed by atoms with E-state index in [-0.39, 0.29) is 17.1 Å². The number of methoxy groups -OCH3 is 1. The fourth-order valence-corrected chi connectivity index (χ4v) is 2.68. The van der Waals surface area contributed by atoms with E-state index in [0.29, 0.717) is 17.5 Å². The predicted octanol–water partition coefficient (Wildman–Crippen LogP) is 4.06. The van der Waals surface area contributed by atoms with E-state index in [2.05, 4.69) is 15.3 Å². The van der Waals surface area contributed by atoms with Gasteiger partial charge in [0, 0.05) is 5.69 Å². The van der Waals surface area contributed by atoms with E-state index in [0.717, 1.165) is 4.68 Å². The van der Waals surface area contributed by atoms with Gasteiger partial charge in [-0.2, -0.15) is 10.2 Å². The van der Waals surface area contributed by atoms with Crippen LogP contribution in [0.3, 0.4) is 0 Å². The second-order valence-corrected chi connectivity index (χ2v) is 5.62. The summed E-state index contributed by atoms with van der Waals surface area (Å²) < 4.78 is 59.5. The summed E-state index contributed by atoms with van der Waals surface area (Å²) in [7, 11) is 1.52. The molecule has 0 aliphatic heterocycles. The minimum atomic E-state index is -2.95. The molecule has 0 saturated heterocycles. The van der Waals surface area contributed by atoms with E-state index in [1.54, 1.807) is 24.3 Å². The Kier molecular flexibility index (Phi) is 5.07. The number of benzene rings is 1. The third-order valence-corrected chi connectivity index (χ3v) is 3.91. The van der Waals surface area contributed by atoms with Gasteiger partial charge < -0.3 is 4.74 Å². The van der Waals surface area contributed by atoms with Crippen molar-refractivity contribution >= 4 is 12.2 Å². The highest BCUT2D eigenvalue weighted by Gasteiger charge is 2.22. The van der Waals surface area contributed by atoms with Crippen molar-refractivity contribution in [3.63, 3.8) is 0 Å². The standard InChI is InChI=1S/C15H13F4N5OS/c1-25-9-4-2-8(3-5-9)24-12(20-21-15(24)26)7-23-11(14(18)19)6-10(22-23)13(16)17/h2-6,13-14H,7H2,1H3,(H,21,26). The number of nitrogens with zero attached hydrogens (tertiary/aromatic N) is 4. The number of aromatic amines is 1. The molecule has 0 spiro atoms. The highest BCUT2D eigenvalue weighted by atomic mass is 32.1. The molecule has 0 aliphatic carbocycles. The maximum atomic E-state index is 13.1. The summed E-state index contributed by atoms with van der Waals surface area (Å²) in [5.41, 5.74) is -0.722. The number of rotatable bonds is 6. The highest BCUT2D eigenvalue weighted by molar-refractivity contribution is 7.71. The Labute approximate surface area is 150 Å². The first-order valence-corrected chi connectivity index (χ1v) is 7.76. The number of ether oxygens (including phenoxy) is 1. The predicted molar refractivity (Wildman–Crippen MR) is 86.5 cm³/mol. The molecule has 2 aromatic heterocycles. The van der Waals surface area contributed by atoms with Gasteiger partial charge in [-0.3, -0.25) is 14.3 Å². The van der Waals surface area contributed by atoms with Crippen molar-refractivity contribution in [3.8, 4) is 11.4 Å². The maximum absolute atomic E-state index is 13.1. The zero-order chi connectivity index (χ0) is 18.8. The molecule has 0 saturated carbocycles. The van der Waals surface area contributed by atoms with Crippen molar-refractivity contribution in [3.05, 3.63) is 52.3 Å². The molecule has 11 heteroatoms. The van der Waals surface area contributed by atoms with Gasteiger partial charge in [0.05, 0.1) is 7.11 Å². The molecule has 0 atom stereocenters. The van der Waals surface area contributed by atoms with Crippen LogP contribution in [-0.2, 0) is 6.54 Å². The van der Waals surface area contributed by atoms with Gasteiger partial charge >= 0.3 is 0 Å². The lowest BCUT2D eigenvalue weighted by molar-refractivity contribution is 0.139. The Hall–Kier alpha value is -2.69. The number of aromatic nitrogens is 5. The van der Waals surface area contributed by atoms with Gasteiger partial charge in [0.15, 0.2) is 10.6 Å². The van der Waals surface area contributed by atoms with Crippen LogP contribution in [0.5, 0.6) is 5.75 Å². The molecule has 138 valence electrons. The molecular weight excluding hydrogens is 374 g/mol. The number of hydrogen-bond donors (Lipinski definition) is 1. The van der Waals surface area contributed by atoms with Crippen molar-refractivity contribution < 1.29 is 22.3 Å². The Morgan fingerprint density at radius 1 is 1.15 bits per heavy atom. The number of hydrogen-bond acceptors (Lipinski definition) is 4. The largest absolute Gasteiger partial charge is 0.497 e. The summed E-state index contributed by atoms with van der Waals surface area (Å²) in [5.74, 6) is 0.866. The number of H-pyrrole nitrogens is 1. The Morgan fingerprint density at radius 2 is 1.85 bits per heavy atom. The topological polar surface area (TPSA) is 60.7 Å². The fraction of sp³-hybridized carbons (Fsp3) is 0.267. The lowest BCUT2D eigenvalue weighted by Crippen LogP contribution is -2.12. The van der Waals surface area contributed by atoms with Crippen molar-refractivity contribution in [1.82, 2.24) is 24.5 Å². The van der Waals surface area contributed by atoms with Crippen molar-refractivity contribution in [2.75, 3.05) is 7.11 Å². The second kappa shape index (κ2) is 7.28. The van der Waals surface area contributed by atoms with Gasteiger partial charge in [-0.25, -0.2) is 17.6 Å². The molecule has 0 fully saturated rings. The van der Waals surface area contributed by atoms with Gasteiger partial charge in [-0.05, 0) is 42.5 Å². The van der Waals surface area contributed by atoms with Crippen LogP contribution in [0, 0.1) is 4.77 Å². The molecule has 0 amide bonds. The third-order valence-electron chi connectivity index (χ3n) is 3.64. The zero-order valence-corrected chi connectivity index (χ0v) is 14.2. The average molecular weight is 387 g/mol. The second-order valence-electron chi connectivity index (χ2n) is 5.23. The minimum absolute atomic E-state index is 0.227. The van der Waals surface area contributed by atoms with Gasteiger partial charge in [0.1, 0.15) is 23.7 Å². The van der Waals surface area contributed by atoms with Crippen LogP contribution in [0.25, 0.3) is 5.69 Å². The monoisotopic (exact) mass is 387 g/mol. The first kappa shape index (κ1) is 18.1. The maximum Gasteiger partial charge on any atom is 0.282 e. The third kappa shape index (κ3) is 3.47. The minimum Gasteiger partial charge on any atom is -0.497 e. The van der Waals surface area contributed by atoms with Gasteiger partial charge in [-0.1, -0.05) is 0 Å². The van der Waals surface area contributed by atoms with E-state index in [9.17, 15) is 17.6 Å². The molecular formula is C15H13F4N5OS. The lowest BCUT2D eigenvalue weighted by Gasteiger charge is -2.10. The Morgan fingerprint density at radius 3 is 2.42 bits per heavy atom. The van der Waals surface area contributed by atoms with Gasteiger partial charge in [0.25, 0.3) is 12.9 Å². The molecule has 1 aromatic carbocycles. The number of alkyl halides is 4. The molecule has 6 nitrogen and oxygen atoms in total. The van der Waals surface area contributed by atoms with Gasteiger partial charge in [-0.15, -0.1) is 0 Å². The first-order valence-electron chi connectivity index (χ1n) is 7.35. The van der Waals surface area contributed by atoms with E-state index in [1.165, 1.54) is 11.7 Å². The molecule has 2 heterocycles. The highest BCUT2D eigenvalue weighted by Crippen LogP contribution is 2.26. The Balaban J connectivity index is 2.00. The summed E-state index contributed by atoms with van der Waals surface area (Å²) >= 11 is 5.18. The van der Waals surface area contributed by atoms with Crippen LogP contribution < -0.4 is 4.74 Å². The van der Waals surface area contributed by atoms with E-state index < -0.39 is 24.2 Å². The van der Waals surface area contributed by atoms with Crippen LogP contribution in [0.4, 0.5) is 17.6 Å². The SMILES string of the molecule is COc1ccc(-n2c(Cn3nc(C(F)F)cc3C(F)F)n[nH]c2=S)cc1.